The normalized spacial score (nSPS) is 11.9. The molecule has 0 saturated carbocycles. The molecule has 0 radical (unpaired) electrons. The highest BCUT2D eigenvalue weighted by Crippen LogP contribution is 2.35. The van der Waals surface area contributed by atoms with Crippen molar-refractivity contribution in [1.29, 1.82) is 0 Å². The minimum Gasteiger partial charge on any atom is -0.255 e. The summed E-state index contributed by atoms with van der Waals surface area (Å²) in [4.78, 5) is 9.11. The van der Waals surface area contributed by atoms with Crippen molar-refractivity contribution in [1.82, 2.24) is 9.97 Å². The van der Waals surface area contributed by atoms with E-state index in [2.05, 4.69) is 130 Å². The summed E-state index contributed by atoms with van der Waals surface area (Å²) in [7, 11) is 0. The summed E-state index contributed by atoms with van der Waals surface area (Å²) in [6, 6.07) is 35.0. The molecule has 5 aromatic rings. The van der Waals surface area contributed by atoms with Crippen molar-refractivity contribution in [2.45, 2.75) is 52.4 Å². The molecule has 0 fully saturated rings. The predicted molar refractivity (Wildman–Crippen MR) is 161 cm³/mol. The van der Waals surface area contributed by atoms with Gasteiger partial charge in [-0.2, -0.15) is 0 Å². The van der Waals surface area contributed by atoms with Crippen LogP contribution in [-0.4, -0.2) is 9.97 Å². The van der Waals surface area contributed by atoms with Crippen LogP contribution in [0.15, 0.2) is 109 Å². The molecule has 0 N–H and O–H groups in total. The van der Waals surface area contributed by atoms with Crippen LogP contribution in [-0.2, 0) is 10.8 Å². The van der Waals surface area contributed by atoms with Gasteiger partial charge in [0.25, 0.3) is 0 Å². The molecule has 2 aromatic heterocycles. The molecule has 2 heteroatoms. The topological polar surface area (TPSA) is 25.8 Å². The van der Waals surface area contributed by atoms with E-state index in [0.29, 0.717) is 0 Å². The first-order valence-corrected chi connectivity index (χ1v) is 13.3. The van der Waals surface area contributed by atoms with E-state index < -0.39 is 0 Å². The van der Waals surface area contributed by atoms with Crippen molar-refractivity contribution >= 4 is 0 Å². The lowest BCUT2D eigenvalue weighted by atomic mass is 9.85. The maximum atomic E-state index is 4.60. The summed E-state index contributed by atoms with van der Waals surface area (Å²) in [6.45, 7) is 13.5. The Morgan fingerprint density at radius 2 is 0.868 bits per heavy atom. The molecular weight excluding hydrogens is 460 g/mol. The Morgan fingerprint density at radius 3 is 1.32 bits per heavy atom. The minimum absolute atomic E-state index is 0.124. The second kappa shape index (κ2) is 10.0. The average molecular weight is 497 g/mol. The molecule has 2 heterocycles. The Morgan fingerprint density at radius 1 is 0.395 bits per heavy atom. The van der Waals surface area contributed by atoms with Gasteiger partial charge in [-0.1, -0.05) is 96.1 Å². The molecule has 0 saturated heterocycles. The molecule has 0 bridgehead atoms. The molecular formula is C36H36N2. The van der Waals surface area contributed by atoms with Crippen LogP contribution in [0.4, 0.5) is 0 Å². The van der Waals surface area contributed by atoms with Gasteiger partial charge in [0, 0.05) is 12.4 Å². The first-order chi connectivity index (χ1) is 18.1. The van der Waals surface area contributed by atoms with Crippen LogP contribution in [0, 0.1) is 0 Å². The SMILES string of the molecule is CC(C)(C)c1ccc(-c2cc(-c3ccc(C(C)(C)C)cc3)cc(-c3ccnc(-c4ccccn4)c3)c2)cc1. The number of benzene rings is 3. The summed E-state index contributed by atoms with van der Waals surface area (Å²) in [5.74, 6) is 0. The summed E-state index contributed by atoms with van der Waals surface area (Å²) >= 11 is 0. The third kappa shape index (κ3) is 5.60. The van der Waals surface area contributed by atoms with Crippen LogP contribution in [0.25, 0.3) is 44.8 Å². The van der Waals surface area contributed by atoms with E-state index >= 15 is 0 Å². The van der Waals surface area contributed by atoms with Gasteiger partial charge < -0.3 is 0 Å². The Kier molecular flexibility index (Phi) is 6.75. The molecule has 0 atom stereocenters. The molecule has 190 valence electrons. The van der Waals surface area contributed by atoms with Crippen molar-refractivity contribution < 1.29 is 0 Å². The number of rotatable bonds is 4. The fourth-order valence-corrected chi connectivity index (χ4v) is 4.72. The summed E-state index contributed by atoms with van der Waals surface area (Å²) in [5.41, 5.74) is 11.8. The Labute approximate surface area is 227 Å². The van der Waals surface area contributed by atoms with Gasteiger partial charge in [-0.3, -0.25) is 9.97 Å². The fourth-order valence-electron chi connectivity index (χ4n) is 4.72. The minimum atomic E-state index is 0.124. The lowest BCUT2D eigenvalue weighted by Crippen LogP contribution is -2.10. The van der Waals surface area contributed by atoms with Gasteiger partial charge in [0.2, 0.25) is 0 Å². The van der Waals surface area contributed by atoms with E-state index in [-0.39, 0.29) is 10.8 Å². The molecule has 38 heavy (non-hydrogen) atoms. The van der Waals surface area contributed by atoms with Crippen LogP contribution in [0.5, 0.6) is 0 Å². The molecule has 0 aliphatic carbocycles. The predicted octanol–water partition coefficient (Wildman–Crippen LogP) is 9.74. The average Bonchev–Trinajstić information content (AvgIpc) is 2.92. The van der Waals surface area contributed by atoms with Gasteiger partial charge in [0.1, 0.15) is 0 Å². The van der Waals surface area contributed by atoms with Crippen LogP contribution in [0.2, 0.25) is 0 Å². The third-order valence-corrected chi connectivity index (χ3v) is 7.12. The molecule has 0 aliphatic rings. The van der Waals surface area contributed by atoms with Gasteiger partial charge in [0.05, 0.1) is 11.4 Å². The number of pyridine rings is 2. The van der Waals surface area contributed by atoms with Gasteiger partial charge in [-0.25, -0.2) is 0 Å². The maximum absolute atomic E-state index is 4.60. The molecule has 2 nitrogen and oxygen atoms in total. The summed E-state index contributed by atoms with van der Waals surface area (Å²) in [5, 5.41) is 0. The number of hydrogen-bond acceptors (Lipinski definition) is 2. The Balaban J connectivity index is 1.63. The lowest BCUT2D eigenvalue weighted by molar-refractivity contribution is 0.590. The van der Waals surface area contributed by atoms with Gasteiger partial charge in [-0.05, 0) is 97.8 Å². The first-order valence-electron chi connectivity index (χ1n) is 13.3. The smallest absolute Gasteiger partial charge is 0.0892 e. The number of aromatic nitrogens is 2. The Hall–Kier alpha value is -4.04. The summed E-state index contributed by atoms with van der Waals surface area (Å²) in [6.07, 6.45) is 3.69. The van der Waals surface area contributed by atoms with Crippen molar-refractivity contribution in [3.63, 3.8) is 0 Å². The standard InChI is InChI=1S/C36H36N2/c1-35(2,3)31-14-10-25(11-15-31)28-21-29(26-12-16-32(17-13-26)36(4,5)6)23-30(22-28)27-18-20-38-34(24-27)33-9-7-8-19-37-33/h7-24H,1-6H3. The zero-order valence-electron chi connectivity index (χ0n) is 23.3. The van der Waals surface area contributed by atoms with E-state index in [1.54, 1.807) is 0 Å². The van der Waals surface area contributed by atoms with Crippen LogP contribution in [0.3, 0.4) is 0 Å². The lowest BCUT2D eigenvalue weighted by Gasteiger charge is -2.20. The van der Waals surface area contributed by atoms with E-state index in [9.17, 15) is 0 Å². The zero-order chi connectivity index (χ0) is 26.9. The number of hydrogen-bond donors (Lipinski definition) is 0. The van der Waals surface area contributed by atoms with Crippen LogP contribution in [0.1, 0.15) is 52.7 Å². The monoisotopic (exact) mass is 496 g/mol. The van der Waals surface area contributed by atoms with Crippen LogP contribution < -0.4 is 0 Å². The molecule has 0 unspecified atom stereocenters. The van der Waals surface area contributed by atoms with E-state index in [4.69, 9.17) is 0 Å². The molecule has 5 rings (SSSR count). The largest absolute Gasteiger partial charge is 0.255 e. The third-order valence-electron chi connectivity index (χ3n) is 7.12. The van der Waals surface area contributed by atoms with Gasteiger partial charge >= 0.3 is 0 Å². The second-order valence-electron chi connectivity index (χ2n) is 12.1. The maximum Gasteiger partial charge on any atom is 0.0892 e. The second-order valence-corrected chi connectivity index (χ2v) is 12.1. The van der Waals surface area contributed by atoms with E-state index in [1.165, 1.54) is 33.4 Å². The molecule has 3 aromatic carbocycles. The molecule has 0 amide bonds. The van der Waals surface area contributed by atoms with Crippen molar-refractivity contribution in [3.05, 3.63) is 121 Å². The van der Waals surface area contributed by atoms with Crippen molar-refractivity contribution in [2.75, 3.05) is 0 Å². The summed E-state index contributed by atoms with van der Waals surface area (Å²) < 4.78 is 0. The van der Waals surface area contributed by atoms with Crippen molar-refractivity contribution in [3.8, 4) is 44.8 Å². The quantitative estimate of drug-likeness (QED) is 0.247. The van der Waals surface area contributed by atoms with E-state index in [1.807, 2.05) is 30.6 Å². The first kappa shape index (κ1) is 25.6. The van der Waals surface area contributed by atoms with Gasteiger partial charge in [0.15, 0.2) is 0 Å². The fraction of sp³-hybridized carbons (Fsp3) is 0.222. The molecule has 0 spiro atoms. The van der Waals surface area contributed by atoms with Crippen molar-refractivity contribution in [2.24, 2.45) is 0 Å². The highest BCUT2D eigenvalue weighted by Gasteiger charge is 2.16. The molecule has 0 aliphatic heterocycles. The zero-order valence-corrected chi connectivity index (χ0v) is 23.3. The van der Waals surface area contributed by atoms with Gasteiger partial charge in [-0.15, -0.1) is 0 Å². The van der Waals surface area contributed by atoms with E-state index in [0.717, 1.165) is 22.5 Å². The number of nitrogens with zero attached hydrogens (tertiary/aromatic N) is 2. The highest BCUT2D eigenvalue weighted by atomic mass is 14.8. The highest BCUT2D eigenvalue weighted by molar-refractivity contribution is 5.82. The van der Waals surface area contributed by atoms with Crippen LogP contribution >= 0.6 is 0 Å². The Bertz CT molecular complexity index is 1460.